The Morgan fingerprint density at radius 2 is 2.33 bits per heavy atom. The van der Waals surface area contributed by atoms with E-state index in [2.05, 4.69) is 10.3 Å². The predicted molar refractivity (Wildman–Crippen MR) is 49.9 cm³/mol. The van der Waals surface area contributed by atoms with Crippen LogP contribution < -0.4 is 0 Å². The van der Waals surface area contributed by atoms with Gasteiger partial charge in [0.05, 0.1) is 25.7 Å². The standard InChI is InChI=1S/C9H11N3O3/c13-5-7-4-12(11-10-7)8(6-14)9-2-1-3-15-9/h1-4,8,13-14H,5-6H2. The van der Waals surface area contributed by atoms with E-state index < -0.39 is 6.04 Å². The summed E-state index contributed by atoms with van der Waals surface area (Å²) in [6, 6.07) is 3.09. The molecule has 0 aromatic carbocycles. The fourth-order valence-electron chi connectivity index (χ4n) is 1.32. The van der Waals surface area contributed by atoms with Crippen LogP contribution in [0.5, 0.6) is 0 Å². The molecule has 2 aromatic heterocycles. The van der Waals surface area contributed by atoms with Crippen LogP contribution in [0.2, 0.25) is 0 Å². The Morgan fingerprint density at radius 1 is 1.47 bits per heavy atom. The lowest BCUT2D eigenvalue weighted by atomic mass is 10.2. The first-order valence-corrected chi connectivity index (χ1v) is 4.51. The lowest BCUT2D eigenvalue weighted by molar-refractivity contribution is 0.221. The summed E-state index contributed by atoms with van der Waals surface area (Å²) < 4.78 is 6.64. The van der Waals surface area contributed by atoms with Crippen molar-refractivity contribution in [2.45, 2.75) is 12.6 Å². The van der Waals surface area contributed by atoms with Gasteiger partial charge in [-0.1, -0.05) is 5.21 Å². The molecule has 2 rings (SSSR count). The van der Waals surface area contributed by atoms with Crippen molar-refractivity contribution in [1.82, 2.24) is 15.0 Å². The molecule has 15 heavy (non-hydrogen) atoms. The van der Waals surface area contributed by atoms with Gasteiger partial charge in [0.2, 0.25) is 0 Å². The lowest BCUT2D eigenvalue weighted by Crippen LogP contribution is -2.14. The monoisotopic (exact) mass is 209 g/mol. The first kappa shape index (κ1) is 9.88. The number of rotatable bonds is 4. The maximum absolute atomic E-state index is 9.22. The van der Waals surface area contributed by atoms with E-state index >= 15 is 0 Å². The average Bonchev–Trinajstić information content (AvgIpc) is 2.89. The van der Waals surface area contributed by atoms with Gasteiger partial charge in [-0.15, -0.1) is 5.10 Å². The molecule has 1 unspecified atom stereocenters. The molecule has 6 heteroatoms. The number of aliphatic hydroxyl groups excluding tert-OH is 2. The van der Waals surface area contributed by atoms with Crippen molar-refractivity contribution in [2.24, 2.45) is 0 Å². The summed E-state index contributed by atoms with van der Waals surface area (Å²) >= 11 is 0. The van der Waals surface area contributed by atoms with Gasteiger partial charge in [0.15, 0.2) is 0 Å². The highest BCUT2D eigenvalue weighted by molar-refractivity contribution is 5.06. The first-order chi connectivity index (χ1) is 7.35. The summed E-state index contributed by atoms with van der Waals surface area (Å²) in [4.78, 5) is 0. The normalized spacial score (nSPS) is 12.9. The quantitative estimate of drug-likeness (QED) is 0.737. The van der Waals surface area contributed by atoms with Crippen molar-refractivity contribution < 1.29 is 14.6 Å². The molecular formula is C9H11N3O3. The second-order valence-corrected chi connectivity index (χ2v) is 3.06. The van der Waals surface area contributed by atoms with Crippen molar-refractivity contribution in [3.05, 3.63) is 36.0 Å². The SMILES string of the molecule is OCc1cn(C(CO)c2ccco2)nn1. The van der Waals surface area contributed by atoms with Gasteiger partial charge in [0.1, 0.15) is 17.5 Å². The molecule has 0 saturated heterocycles. The Kier molecular flexibility index (Phi) is 2.79. The minimum atomic E-state index is -0.396. The van der Waals surface area contributed by atoms with Crippen LogP contribution >= 0.6 is 0 Å². The van der Waals surface area contributed by atoms with E-state index in [-0.39, 0.29) is 13.2 Å². The van der Waals surface area contributed by atoms with Crippen LogP contribution in [0.15, 0.2) is 29.0 Å². The second-order valence-electron chi connectivity index (χ2n) is 3.06. The number of hydrogen-bond acceptors (Lipinski definition) is 5. The van der Waals surface area contributed by atoms with Crippen LogP contribution in [0.1, 0.15) is 17.5 Å². The van der Waals surface area contributed by atoms with Gasteiger partial charge >= 0.3 is 0 Å². The number of aliphatic hydroxyl groups is 2. The van der Waals surface area contributed by atoms with Gasteiger partial charge in [0, 0.05) is 0 Å². The number of furan rings is 1. The zero-order valence-electron chi connectivity index (χ0n) is 7.95. The molecule has 2 heterocycles. The highest BCUT2D eigenvalue weighted by Crippen LogP contribution is 2.17. The highest BCUT2D eigenvalue weighted by atomic mass is 16.3. The largest absolute Gasteiger partial charge is 0.467 e. The Balaban J connectivity index is 2.27. The Morgan fingerprint density at radius 3 is 2.87 bits per heavy atom. The van der Waals surface area contributed by atoms with Gasteiger partial charge < -0.3 is 14.6 Å². The van der Waals surface area contributed by atoms with E-state index in [1.807, 2.05) is 0 Å². The Hall–Kier alpha value is -1.66. The minimum absolute atomic E-state index is 0.137. The lowest BCUT2D eigenvalue weighted by Gasteiger charge is -2.10. The van der Waals surface area contributed by atoms with E-state index in [9.17, 15) is 5.11 Å². The van der Waals surface area contributed by atoms with Crippen molar-refractivity contribution in [3.8, 4) is 0 Å². The molecule has 0 amide bonds. The third-order valence-corrected chi connectivity index (χ3v) is 2.08. The summed E-state index contributed by atoms with van der Waals surface area (Å²) in [5.74, 6) is 0.604. The van der Waals surface area contributed by atoms with Gasteiger partial charge in [-0.2, -0.15) is 0 Å². The minimum Gasteiger partial charge on any atom is -0.467 e. The molecule has 1 atom stereocenters. The second kappa shape index (κ2) is 4.24. The molecule has 0 aliphatic carbocycles. The third kappa shape index (κ3) is 1.90. The number of nitrogens with zero attached hydrogens (tertiary/aromatic N) is 3. The molecule has 2 aromatic rings. The zero-order chi connectivity index (χ0) is 10.7. The maximum atomic E-state index is 9.22. The summed E-state index contributed by atoms with van der Waals surface area (Å²) in [6.45, 7) is -0.307. The molecule has 0 aliphatic heterocycles. The maximum Gasteiger partial charge on any atom is 0.134 e. The summed E-state index contributed by atoms with van der Waals surface area (Å²) in [6.07, 6.45) is 3.10. The molecular weight excluding hydrogens is 198 g/mol. The zero-order valence-corrected chi connectivity index (χ0v) is 7.95. The smallest absolute Gasteiger partial charge is 0.134 e. The van der Waals surface area contributed by atoms with Gasteiger partial charge in [-0.05, 0) is 12.1 Å². The van der Waals surface area contributed by atoms with E-state index in [1.165, 1.54) is 10.9 Å². The van der Waals surface area contributed by atoms with Crippen LogP contribution in [0, 0.1) is 0 Å². The van der Waals surface area contributed by atoms with Gasteiger partial charge in [0.25, 0.3) is 0 Å². The number of aromatic nitrogens is 3. The highest BCUT2D eigenvalue weighted by Gasteiger charge is 2.16. The van der Waals surface area contributed by atoms with Crippen molar-refractivity contribution >= 4 is 0 Å². The molecule has 0 saturated carbocycles. The van der Waals surface area contributed by atoms with E-state index in [1.54, 1.807) is 18.3 Å². The van der Waals surface area contributed by atoms with Crippen molar-refractivity contribution in [1.29, 1.82) is 0 Å². The van der Waals surface area contributed by atoms with Crippen LogP contribution in [0.3, 0.4) is 0 Å². The fourth-order valence-corrected chi connectivity index (χ4v) is 1.32. The predicted octanol–water partition coefficient (Wildman–Crippen LogP) is -0.0549. The Labute approximate surface area is 85.8 Å². The number of hydrogen-bond donors (Lipinski definition) is 2. The molecule has 2 N–H and O–H groups in total. The van der Waals surface area contributed by atoms with Crippen molar-refractivity contribution in [3.63, 3.8) is 0 Å². The van der Waals surface area contributed by atoms with Crippen LogP contribution in [0.4, 0.5) is 0 Å². The van der Waals surface area contributed by atoms with Crippen LogP contribution in [-0.4, -0.2) is 31.8 Å². The third-order valence-electron chi connectivity index (χ3n) is 2.08. The molecule has 0 radical (unpaired) electrons. The van der Waals surface area contributed by atoms with E-state index in [0.29, 0.717) is 11.5 Å². The molecule has 0 bridgehead atoms. The fraction of sp³-hybridized carbons (Fsp3) is 0.333. The van der Waals surface area contributed by atoms with E-state index in [4.69, 9.17) is 9.52 Å². The average molecular weight is 209 g/mol. The van der Waals surface area contributed by atoms with E-state index in [0.717, 1.165) is 0 Å². The summed E-state index contributed by atoms with van der Waals surface area (Å²) in [7, 11) is 0. The van der Waals surface area contributed by atoms with Gasteiger partial charge in [-0.25, -0.2) is 4.68 Å². The van der Waals surface area contributed by atoms with Crippen LogP contribution in [0.25, 0.3) is 0 Å². The molecule has 0 aliphatic rings. The molecule has 6 nitrogen and oxygen atoms in total. The van der Waals surface area contributed by atoms with Gasteiger partial charge in [-0.3, -0.25) is 0 Å². The van der Waals surface area contributed by atoms with Crippen LogP contribution in [-0.2, 0) is 6.61 Å². The molecule has 0 fully saturated rings. The summed E-state index contributed by atoms with van der Waals surface area (Å²) in [5, 5.41) is 25.6. The molecule has 80 valence electrons. The van der Waals surface area contributed by atoms with Crippen molar-refractivity contribution in [2.75, 3.05) is 6.61 Å². The summed E-state index contributed by atoms with van der Waals surface area (Å²) in [5.41, 5.74) is 0.458. The first-order valence-electron chi connectivity index (χ1n) is 4.51. The molecule has 0 spiro atoms. The Bertz CT molecular complexity index is 410. The topological polar surface area (TPSA) is 84.3 Å².